The van der Waals surface area contributed by atoms with Crippen LogP contribution in [-0.4, -0.2) is 87.6 Å². The van der Waals surface area contributed by atoms with Crippen LogP contribution in [0.2, 0.25) is 4.47 Å². The van der Waals surface area contributed by atoms with Gasteiger partial charge in [-0.05, 0) is 64.0 Å². The largest absolute Gasteiger partial charge is 0.458 e. The molecule has 246 valence electrons. The van der Waals surface area contributed by atoms with Crippen LogP contribution < -0.4 is 20.1 Å². The van der Waals surface area contributed by atoms with E-state index in [1.807, 2.05) is 0 Å². The highest BCUT2D eigenvalue weighted by Gasteiger charge is 2.48. The highest BCUT2D eigenvalue weighted by Crippen LogP contribution is 2.30. The average molecular weight is 677 g/mol. The van der Waals surface area contributed by atoms with Crippen LogP contribution in [0.4, 0.5) is 4.79 Å². The molecule has 2 fully saturated rings. The molecule has 0 bridgehead atoms. The third-order valence-electron chi connectivity index (χ3n) is 6.93. The minimum Gasteiger partial charge on any atom is -0.458 e. The van der Waals surface area contributed by atoms with Gasteiger partial charge < -0.3 is 25.0 Å². The van der Waals surface area contributed by atoms with E-state index in [0.29, 0.717) is 12.8 Å². The van der Waals surface area contributed by atoms with E-state index in [1.54, 1.807) is 41.5 Å². The molecule has 14 nitrogen and oxygen atoms in total. The number of carbonyl (C=O) groups excluding carboxylic acids is 4. The van der Waals surface area contributed by atoms with Crippen LogP contribution >= 0.6 is 23.1 Å². The molecule has 1 aliphatic carbocycles. The second-order valence-corrected chi connectivity index (χ2v) is 16.5. The number of carbonyl (C=O) groups is 4. The molecule has 1 saturated carbocycles. The van der Waals surface area contributed by atoms with Crippen molar-refractivity contribution in [2.24, 2.45) is 5.41 Å². The number of amides is 4. The third-order valence-corrected chi connectivity index (χ3v) is 9.53. The molecule has 1 aromatic rings. The Bertz CT molecular complexity index is 1390. The summed E-state index contributed by atoms with van der Waals surface area (Å²) >= 11 is 6.79. The van der Waals surface area contributed by atoms with Crippen molar-refractivity contribution in [3.8, 4) is 6.01 Å². The number of halogens is 1. The van der Waals surface area contributed by atoms with Gasteiger partial charge in [0.05, 0.1) is 11.8 Å². The molecule has 1 aromatic heterocycles. The number of hydrogen-bond acceptors (Lipinski definition) is 11. The van der Waals surface area contributed by atoms with Crippen molar-refractivity contribution >= 4 is 57.0 Å². The monoisotopic (exact) mass is 676 g/mol. The zero-order chi connectivity index (χ0) is 33.3. The van der Waals surface area contributed by atoms with Crippen LogP contribution in [-0.2, 0) is 29.1 Å². The summed E-state index contributed by atoms with van der Waals surface area (Å²) in [5, 5.41) is 4.62. The predicted molar refractivity (Wildman–Crippen MR) is 164 cm³/mol. The summed E-state index contributed by atoms with van der Waals surface area (Å²) in [6, 6.07) is -2.33. The summed E-state index contributed by atoms with van der Waals surface area (Å²) in [6.45, 7) is 15.2. The molecule has 2 aliphatic rings. The van der Waals surface area contributed by atoms with Gasteiger partial charge in [-0.2, -0.15) is 4.98 Å². The fraction of sp³-hybridized carbons (Fsp3) is 0.704. The molecular weight excluding hydrogens is 636 g/mol. The first-order chi connectivity index (χ1) is 20.1. The molecule has 4 atom stereocenters. The van der Waals surface area contributed by atoms with Crippen molar-refractivity contribution in [1.82, 2.24) is 29.6 Å². The van der Waals surface area contributed by atoms with Crippen molar-refractivity contribution in [3.63, 3.8) is 0 Å². The van der Waals surface area contributed by atoms with Gasteiger partial charge in [-0.1, -0.05) is 26.8 Å². The predicted octanol–water partition coefficient (Wildman–Crippen LogP) is 2.54. The number of likely N-dealkylation sites (tertiary alicyclic amines) is 1. The highest BCUT2D eigenvalue weighted by atomic mass is 35.5. The Labute approximate surface area is 266 Å². The smallest absolute Gasteiger partial charge is 0.408 e. The summed E-state index contributed by atoms with van der Waals surface area (Å²) in [5.74, 6) is -2.26. The molecule has 17 heteroatoms. The van der Waals surface area contributed by atoms with Gasteiger partial charge >= 0.3 is 12.1 Å². The number of nitrogens with zero attached hydrogens (tertiary/aromatic N) is 3. The lowest BCUT2D eigenvalue weighted by atomic mass is 9.85. The summed E-state index contributed by atoms with van der Waals surface area (Å²) in [7, 11) is -3.91. The second-order valence-electron chi connectivity index (χ2n) is 13.2. The minimum absolute atomic E-state index is 0.0239. The van der Waals surface area contributed by atoms with Crippen LogP contribution in [0.1, 0.15) is 74.1 Å². The van der Waals surface area contributed by atoms with Crippen LogP contribution in [0.5, 0.6) is 6.01 Å². The van der Waals surface area contributed by atoms with Crippen LogP contribution in [0, 0.1) is 5.41 Å². The van der Waals surface area contributed by atoms with Crippen molar-refractivity contribution in [2.45, 2.75) is 109 Å². The number of aromatic nitrogens is 2. The molecule has 3 rings (SSSR count). The lowest BCUT2D eigenvalue weighted by Crippen LogP contribution is -2.62. The van der Waals surface area contributed by atoms with E-state index >= 15 is 0 Å². The molecule has 0 unspecified atom stereocenters. The average Bonchev–Trinajstić information content (AvgIpc) is 3.54. The van der Waals surface area contributed by atoms with Crippen molar-refractivity contribution in [1.29, 1.82) is 0 Å². The van der Waals surface area contributed by atoms with Crippen molar-refractivity contribution in [2.75, 3.05) is 6.54 Å². The maximum absolute atomic E-state index is 14.1. The van der Waals surface area contributed by atoms with Gasteiger partial charge in [-0.15, -0.1) is 11.0 Å². The third kappa shape index (κ3) is 9.27. The van der Waals surface area contributed by atoms with E-state index < -0.39 is 73.8 Å². The van der Waals surface area contributed by atoms with Gasteiger partial charge in [-0.3, -0.25) is 19.1 Å². The summed E-state index contributed by atoms with van der Waals surface area (Å²) in [4.78, 5) is 59.1. The minimum atomic E-state index is -3.91. The Morgan fingerprint density at radius 1 is 1.16 bits per heavy atom. The SMILES string of the molecule is C=CC[C@@](C)(NC(=O)[C@@H]1C[C@@H](Oc2nsc(Cl)n2)CN1C(=O)[C@@H](NC(=O)OC(C)(C)C)C(C)(C)C)C(=O)NS(=O)(=O)C1CC1. The zero-order valence-corrected chi connectivity index (χ0v) is 28.3. The fourth-order valence-corrected chi connectivity index (χ4v) is 6.49. The molecular formula is C27H41ClN6O8S2. The second kappa shape index (κ2) is 13.2. The number of sulfonamides is 1. The van der Waals surface area contributed by atoms with Gasteiger partial charge in [0.2, 0.25) is 26.3 Å². The Balaban J connectivity index is 1.90. The highest BCUT2D eigenvalue weighted by molar-refractivity contribution is 7.91. The Hall–Kier alpha value is -2.98. The lowest BCUT2D eigenvalue weighted by molar-refractivity contribution is -0.143. The van der Waals surface area contributed by atoms with E-state index in [2.05, 4.69) is 31.3 Å². The van der Waals surface area contributed by atoms with Crippen molar-refractivity contribution < 1.29 is 37.1 Å². The topological polar surface area (TPSA) is 186 Å². The summed E-state index contributed by atoms with van der Waals surface area (Å²) in [6.07, 6.45) is 0.578. The number of rotatable bonds is 11. The summed E-state index contributed by atoms with van der Waals surface area (Å²) < 4.78 is 42.4. The maximum Gasteiger partial charge on any atom is 0.408 e. The number of nitrogens with one attached hydrogen (secondary N) is 3. The van der Waals surface area contributed by atoms with Gasteiger partial charge in [-0.25, -0.2) is 13.2 Å². The van der Waals surface area contributed by atoms with Crippen LogP contribution in [0.15, 0.2) is 12.7 Å². The fourth-order valence-electron chi connectivity index (χ4n) is 4.55. The molecule has 4 amide bonds. The molecule has 2 heterocycles. The Morgan fingerprint density at radius 3 is 2.30 bits per heavy atom. The first kappa shape index (κ1) is 35.5. The normalized spacial score (nSPS) is 21.0. The summed E-state index contributed by atoms with van der Waals surface area (Å²) in [5.41, 5.74) is -3.35. The quantitative estimate of drug-likeness (QED) is 0.294. The first-order valence-electron chi connectivity index (χ1n) is 14.1. The molecule has 1 aliphatic heterocycles. The molecule has 3 N–H and O–H groups in total. The number of hydrogen-bond donors (Lipinski definition) is 3. The lowest BCUT2D eigenvalue weighted by Gasteiger charge is -2.36. The first-order valence-corrected chi connectivity index (χ1v) is 16.8. The zero-order valence-electron chi connectivity index (χ0n) is 25.9. The standard InChI is InChI=1S/C27H41ClN6O8S2/c1-9-12-27(8,21(37)33-44(39,40)16-10-11-16)31-19(35)17-13-15(41-23-30-22(28)43-32-23)14-34(17)20(36)18(25(2,3)4)29-24(38)42-26(5,6)7/h9,15-18H,1,10-14H2,2-8H3,(H,29,38)(H,31,35)(H,33,37)/t15-,17+,18-,27-/m1/s1. The molecule has 0 aromatic carbocycles. The van der Waals surface area contributed by atoms with E-state index in [0.717, 1.165) is 11.5 Å². The van der Waals surface area contributed by atoms with Gasteiger partial charge in [0.1, 0.15) is 29.3 Å². The Morgan fingerprint density at radius 2 is 1.80 bits per heavy atom. The van der Waals surface area contributed by atoms with Crippen LogP contribution in [0.25, 0.3) is 0 Å². The van der Waals surface area contributed by atoms with Gasteiger partial charge in [0, 0.05) is 18.0 Å². The molecule has 1 saturated heterocycles. The van der Waals surface area contributed by atoms with Gasteiger partial charge in [0.15, 0.2) is 0 Å². The van der Waals surface area contributed by atoms with Gasteiger partial charge in [0.25, 0.3) is 5.91 Å². The maximum atomic E-state index is 14.1. The van der Waals surface area contributed by atoms with E-state index in [-0.39, 0.29) is 29.9 Å². The number of ether oxygens (including phenoxy) is 2. The van der Waals surface area contributed by atoms with E-state index in [4.69, 9.17) is 21.1 Å². The molecule has 44 heavy (non-hydrogen) atoms. The number of alkyl carbamates (subject to hydrolysis) is 1. The van der Waals surface area contributed by atoms with Crippen LogP contribution in [0.3, 0.4) is 0 Å². The Kier molecular flexibility index (Phi) is 10.6. The van der Waals surface area contributed by atoms with E-state index in [9.17, 15) is 27.6 Å². The van der Waals surface area contributed by atoms with Crippen molar-refractivity contribution in [3.05, 3.63) is 17.1 Å². The molecule has 0 spiro atoms. The van der Waals surface area contributed by atoms with E-state index in [1.165, 1.54) is 17.9 Å². The molecule has 0 radical (unpaired) electrons.